The lowest BCUT2D eigenvalue weighted by atomic mass is 10.2. The summed E-state index contributed by atoms with van der Waals surface area (Å²) >= 11 is 9.15. The molecular formula is C14H10BrClFNO. The second-order valence-electron chi connectivity index (χ2n) is 3.97. The van der Waals surface area contributed by atoms with Crippen LogP contribution in [0.25, 0.3) is 0 Å². The highest BCUT2D eigenvalue weighted by Crippen LogP contribution is 2.19. The third kappa shape index (κ3) is 4.04. The predicted octanol–water partition coefficient (Wildman–Crippen LogP) is 4.17. The molecule has 5 heteroatoms. The fraction of sp³-hybridized carbons (Fsp3) is 0.0714. The van der Waals surface area contributed by atoms with Gasteiger partial charge in [-0.05, 0) is 35.9 Å². The summed E-state index contributed by atoms with van der Waals surface area (Å²) in [4.78, 5) is 11.9. The number of hydrogen-bond donors (Lipinski definition) is 1. The number of hydrogen-bond acceptors (Lipinski definition) is 1. The van der Waals surface area contributed by atoms with E-state index in [0.29, 0.717) is 16.1 Å². The van der Waals surface area contributed by atoms with E-state index in [1.807, 2.05) is 0 Å². The van der Waals surface area contributed by atoms with Gasteiger partial charge in [-0.25, -0.2) is 4.39 Å². The van der Waals surface area contributed by atoms with Crippen molar-refractivity contribution < 1.29 is 9.18 Å². The molecule has 2 rings (SSSR count). The molecule has 0 fully saturated rings. The lowest BCUT2D eigenvalue weighted by Gasteiger charge is -2.06. The molecule has 0 unspecified atom stereocenters. The highest BCUT2D eigenvalue weighted by molar-refractivity contribution is 9.10. The van der Waals surface area contributed by atoms with Crippen molar-refractivity contribution in [2.75, 3.05) is 0 Å². The number of amides is 1. The van der Waals surface area contributed by atoms with E-state index in [1.165, 1.54) is 12.1 Å². The Bertz CT molecular complexity index is 598. The van der Waals surface area contributed by atoms with Crippen molar-refractivity contribution in [3.63, 3.8) is 0 Å². The Morgan fingerprint density at radius 3 is 2.74 bits per heavy atom. The minimum Gasteiger partial charge on any atom is -0.348 e. The zero-order chi connectivity index (χ0) is 13.8. The van der Waals surface area contributed by atoms with Crippen molar-refractivity contribution in [3.05, 3.63) is 68.9 Å². The third-order valence-corrected chi connectivity index (χ3v) is 3.14. The first kappa shape index (κ1) is 14.0. The summed E-state index contributed by atoms with van der Waals surface area (Å²) in [6, 6.07) is 11.0. The summed E-state index contributed by atoms with van der Waals surface area (Å²) in [5, 5.41) is 3.19. The number of nitrogens with one attached hydrogen (secondary N) is 1. The van der Waals surface area contributed by atoms with Crippen molar-refractivity contribution >= 4 is 33.4 Å². The Hall–Kier alpha value is -1.39. The second-order valence-corrected chi connectivity index (χ2v) is 5.32. The average molecular weight is 343 g/mol. The van der Waals surface area contributed by atoms with Crippen LogP contribution in [0.5, 0.6) is 0 Å². The highest BCUT2D eigenvalue weighted by Gasteiger charge is 2.07. The lowest BCUT2D eigenvalue weighted by molar-refractivity contribution is 0.0951. The van der Waals surface area contributed by atoms with Gasteiger partial charge in [0.25, 0.3) is 5.91 Å². The van der Waals surface area contributed by atoms with Gasteiger partial charge >= 0.3 is 0 Å². The van der Waals surface area contributed by atoms with E-state index in [4.69, 9.17) is 11.6 Å². The first-order valence-corrected chi connectivity index (χ1v) is 6.70. The molecule has 0 spiro atoms. The molecule has 0 aliphatic heterocycles. The smallest absolute Gasteiger partial charge is 0.251 e. The molecule has 0 radical (unpaired) electrons. The van der Waals surface area contributed by atoms with Crippen LogP contribution in [0.2, 0.25) is 5.02 Å². The van der Waals surface area contributed by atoms with E-state index in [1.54, 1.807) is 30.3 Å². The molecule has 0 bridgehead atoms. The molecular weight excluding hydrogens is 333 g/mol. The molecule has 19 heavy (non-hydrogen) atoms. The van der Waals surface area contributed by atoms with Gasteiger partial charge in [-0.15, -0.1) is 0 Å². The molecule has 2 aromatic carbocycles. The van der Waals surface area contributed by atoms with Gasteiger partial charge in [0.2, 0.25) is 0 Å². The number of halogens is 3. The Morgan fingerprint density at radius 2 is 2.05 bits per heavy atom. The molecule has 1 amide bonds. The average Bonchev–Trinajstić information content (AvgIpc) is 2.35. The van der Waals surface area contributed by atoms with E-state index in [0.717, 1.165) is 4.47 Å². The van der Waals surface area contributed by atoms with E-state index in [2.05, 4.69) is 21.2 Å². The number of rotatable bonds is 3. The zero-order valence-corrected chi connectivity index (χ0v) is 12.1. The monoisotopic (exact) mass is 341 g/mol. The standard InChI is InChI=1S/C14H10BrClFNO/c15-11-5-10(6-12(16)7-11)14(19)18-8-9-2-1-3-13(17)4-9/h1-7H,8H2,(H,18,19). The summed E-state index contributed by atoms with van der Waals surface area (Å²) in [5.41, 5.74) is 1.16. The molecule has 0 atom stereocenters. The minimum atomic E-state index is -0.322. The van der Waals surface area contributed by atoms with Gasteiger partial charge in [0.05, 0.1) is 0 Å². The van der Waals surface area contributed by atoms with E-state index in [-0.39, 0.29) is 18.3 Å². The molecule has 0 saturated carbocycles. The van der Waals surface area contributed by atoms with Gasteiger partial charge in [0, 0.05) is 21.6 Å². The van der Waals surface area contributed by atoms with Crippen molar-refractivity contribution in [1.29, 1.82) is 0 Å². The quantitative estimate of drug-likeness (QED) is 0.891. The maximum atomic E-state index is 13.0. The molecule has 0 aromatic heterocycles. The van der Waals surface area contributed by atoms with Crippen LogP contribution in [0.1, 0.15) is 15.9 Å². The van der Waals surface area contributed by atoms with Gasteiger partial charge in [0.15, 0.2) is 0 Å². The van der Waals surface area contributed by atoms with Crippen molar-refractivity contribution in [2.45, 2.75) is 6.54 Å². The van der Waals surface area contributed by atoms with Crippen LogP contribution >= 0.6 is 27.5 Å². The third-order valence-electron chi connectivity index (χ3n) is 2.47. The second kappa shape index (κ2) is 6.17. The lowest BCUT2D eigenvalue weighted by Crippen LogP contribution is -2.22. The predicted molar refractivity (Wildman–Crippen MR) is 76.7 cm³/mol. The Labute approximate surface area is 123 Å². The zero-order valence-electron chi connectivity index (χ0n) is 9.79. The Kier molecular flexibility index (Phi) is 4.56. The molecule has 0 aliphatic rings. The van der Waals surface area contributed by atoms with E-state index in [9.17, 15) is 9.18 Å². The maximum Gasteiger partial charge on any atom is 0.251 e. The first-order valence-electron chi connectivity index (χ1n) is 5.53. The van der Waals surface area contributed by atoms with Gasteiger partial charge in [0.1, 0.15) is 5.82 Å². The largest absolute Gasteiger partial charge is 0.348 e. The normalized spacial score (nSPS) is 10.3. The number of benzene rings is 2. The first-order chi connectivity index (χ1) is 9.04. The van der Waals surface area contributed by atoms with Crippen LogP contribution in [-0.4, -0.2) is 5.91 Å². The molecule has 0 saturated heterocycles. The fourth-order valence-corrected chi connectivity index (χ4v) is 2.48. The topological polar surface area (TPSA) is 29.1 Å². The molecule has 2 aromatic rings. The number of carbonyl (C=O) groups excluding carboxylic acids is 1. The van der Waals surface area contributed by atoms with Crippen molar-refractivity contribution in [1.82, 2.24) is 5.32 Å². The summed E-state index contributed by atoms with van der Waals surface area (Å²) in [7, 11) is 0. The van der Waals surface area contributed by atoms with Crippen molar-refractivity contribution in [2.24, 2.45) is 0 Å². The van der Waals surface area contributed by atoms with Gasteiger partial charge < -0.3 is 5.32 Å². The Balaban J connectivity index is 2.05. The summed E-state index contributed by atoms with van der Waals surface area (Å²) in [6.45, 7) is 0.265. The van der Waals surface area contributed by atoms with Gasteiger partial charge in [-0.3, -0.25) is 4.79 Å². The van der Waals surface area contributed by atoms with Crippen molar-refractivity contribution in [3.8, 4) is 0 Å². The summed E-state index contributed by atoms with van der Waals surface area (Å²) in [5.74, 6) is -0.579. The van der Waals surface area contributed by atoms with Crippen LogP contribution in [0, 0.1) is 5.82 Å². The Morgan fingerprint density at radius 1 is 1.26 bits per heavy atom. The molecule has 0 aliphatic carbocycles. The molecule has 98 valence electrons. The fourth-order valence-electron chi connectivity index (χ4n) is 1.62. The summed E-state index contributed by atoms with van der Waals surface area (Å²) in [6.07, 6.45) is 0. The molecule has 1 N–H and O–H groups in total. The number of carbonyl (C=O) groups is 1. The maximum absolute atomic E-state index is 13.0. The van der Waals surface area contributed by atoms with E-state index < -0.39 is 0 Å². The van der Waals surface area contributed by atoms with Crippen LogP contribution in [-0.2, 0) is 6.54 Å². The SMILES string of the molecule is O=C(NCc1cccc(F)c1)c1cc(Cl)cc(Br)c1. The highest BCUT2D eigenvalue weighted by atomic mass is 79.9. The summed E-state index contributed by atoms with van der Waals surface area (Å²) < 4.78 is 13.7. The molecule has 2 nitrogen and oxygen atoms in total. The van der Waals surface area contributed by atoms with Crippen LogP contribution in [0.3, 0.4) is 0 Å². The molecule has 0 heterocycles. The van der Waals surface area contributed by atoms with E-state index >= 15 is 0 Å². The van der Waals surface area contributed by atoms with Crippen LogP contribution in [0.4, 0.5) is 4.39 Å². The minimum absolute atomic E-state index is 0.257. The van der Waals surface area contributed by atoms with Crippen LogP contribution < -0.4 is 5.32 Å². The van der Waals surface area contributed by atoms with Gasteiger partial charge in [-0.2, -0.15) is 0 Å². The van der Waals surface area contributed by atoms with Crippen LogP contribution in [0.15, 0.2) is 46.9 Å². The van der Waals surface area contributed by atoms with Gasteiger partial charge in [-0.1, -0.05) is 39.7 Å².